The number of carbonyl (C=O) groups is 1. The number of halogens is 1. The van der Waals surface area contributed by atoms with E-state index in [1.165, 1.54) is 5.56 Å². The Morgan fingerprint density at radius 3 is 2.62 bits per heavy atom. The van der Waals surface area contributed by atoms with Gasteiger partial charge in [0.25, 0.3) is 0 Å². The van der Waals surface area contributed by atoms with Gasteiger partial charge in [-0.1, -0.05) is 34.1 Å². The summed E-state index contributed by atoms with van der Waals surface area (Å²) in [6, 6.07) is 8.46. The number of hydrogen-bond acceptors (Lipinski definition) is 2. The molecular weight excluding hydrogens is 266 g/mol. The van der Waals surface area contributed by atoms with Crippen LogP contribution in [-0.4, -0.2) is 23.8 Å². The molecule has 0 aliphatic heterocycles. The van der Waals surface area contributed by atoms with E-state index in [1.54, 1.807) is 6.92 Å². The van der Waals surface area contributed by atoms with Crippen LogP contribution in [0.2, 0.25) is 0 Å². The van der Waals surface area contributed by atoms with Crippen molar-refractivity contribution in [3.8, 4) is 0 Å². The van der Waals surface area contributed by atoms with Crippen LogP contribution in [0.15, 0.2) is 28.7 Å². The van der Waals surface area contributed by atoms with Gasteiger partial charge in [0.1, 0.15) is 5.78 Å². The minimum Gasteiger partial charge on any atom is -0.300 e. The van der Waals surface area contributed by atoms with Gasteiger partial charge in [-0.15, -0.1) is 0 Å². The van der Waals surface area contributed by atoms with E-state index in [9.17, 15) is 4.79 Å². The first kappa shape index (κ1) is 13.4. The van der Waals surface area contributed by atoms with Gasteiger partial charge in [0, 0.05) is 23.5 Å². The first-order chi connectivity index (χ1) is 7.50. The van der Waals surface area contributed by atoms with Crippen molar-refractivity contribution in [1.29, 1.82) is 0 Å². The highest BCUT2D eigenvalue weighted by Crippen LogP contribution is 2.18. The summed E-state index contributed by atoms with van der Waals surface area (Å²) < 4.78 is 1.12. The van der Waals surface area contributed by atoms with Crippen molar-refractivity contribution in [3.05, 3.63) is 34.3 Å². The molecule has 1 aromatic carbocycles. The highest BCUT2D eigenvalue weighted by Gasteiger charge is 2.12. The Morgan fingerprint density at radius 1 is 1.44 bits per heavy atom. The van der Waals surface area contributed by atoms with E-state index in [0.29, 0.717) is 6.42 Å². The minimum atomic E-state index is 0.242. The van der Waals surface area contributed by atoms with Gasteiger partial charge in [0.2, 0.25) is 0 Å². The summed E-state index contributed by atoms with van der Waals surface area (Å²) >= 11 is 3.53. The Morgan fingerprint density at radius 2 is 2.06 bits per heavy atom. The lowest BCUT2D eigenvalue weighted by molar-refractivity contribution is -0.118. The van der Waals surface area contributed by atoms with Crippen molar-refractivity contribution in [2.24, 2.45) is 0 Å². The molecule has 88 valence electrons. The number of Topliss-reactive ketones (excluding diaryl/α,β-unsaturated/α-hetero) is 1. The molecule has 0 heterocycles. The van der Waals surface area contributed by atoms with Gasteiger partial charge in [0.05, 0.1) is 0 Å². The fraction of sp³-hybridized carbons (Fsp3) is 0.462. The number of carbonyl (C=O) groups excluding carboxylic acids is 1. The minimum absolute atomic E-state index is 0.242. The predicted octanol–water partition coefficient (Wildman–Crippen LogP) is 3.25. The maximum Gasteiger partial charge on any atom is 0.131 e. The standard InChI is InChI=1S/C13H18BrNO/c1-10(8-11(2)16)15(3)9-12-6-4-5-7-13(12)14/h4-7,10H,8-9H2,1-3H3. The molecular formula is C13H18BrNO. The molecule has 0 spiro atoms. The lowest BCUT2D eigenvalue weighted by Gasteiger charge is -2.24. The van der Waals surface area contributed by atoms with Crippen molar-refractivity contribution in [2.75, 3.05) is 7.05 Å². The van der Waals surface area contributed by atoms with Gasteiger partial charge >= 0.3 is 0 Å². The molecule has 0 saturated carbocycles. The first-order valence-electron chi connectivity index (χ1n) is 5.43. The number of hydrogen-bond donors (Lipinski definition) is 0. The van der Waals surface area contributed by atoms with Crippen LogP contribution < -0.4 is 0 Å². The van der Waals surface area contributed by atoms with Crippen LogP contribution in [-0.2, 0) is 11.3 Å². The van der Waals surface area contributed by atoms with E-state index >= 15 is 0 Å². The second-order valence-corrected chi connectivity index (χ2v) is 5.12. The zero-order valence-corrected chi connectivity index (χ0v) is 11.6. The molecule has 2 nitrogen and oxygen atoms in total. The van der Waals surface area contributed by atoms with E-state index in [-0.39, 0.29) is 11.8 Å². The van der Waals surface area contributed by atoms with Crippen molar-refractivity contribution >= 4 is 21.7 Å². The molecule has 1 aromatic rings. The summed E-state index contributed by atoms with van der Waals surface area (Å²) in [6.45, 7) is 4.58. The Hall–Kier alpha value is -0.670. The quantitative estimate of drug-likeness (QED) is 0.827. The Balaban J connectivity index is 2.60. The second kappa shape index (κ2) is 6.16. The molecule has 0 amide bonds. The molecule has 0 fully saturated rings. The van der Waals surface area contributed by atoms with Crippen molar-refractivity contribution in [1.82, 2.24) is 4.90 Å². The Bertz CT molecular complexity index is 365. The Labute approximate surface area is 106 Å². The fourth-order valence-electron chi connectivity index (χ4n) is 1.62. The molecule has 0 radical (unpaired) electrons. The zero-order valence-electron chi connectivity index (χ0n) is 10.0. The number of rotatable bonds is 5. The molecule has 0 bridgehead atoms. The summed E-state index contributed by atoms with van der Waals surface area (Å²) in [5.74, 6) is 0.242. The van der Waals surface area contributed by atoms with Crippen LogP contribution in [0.3, 0.4) is 0 Å². The van der Waals surface area contributed by atoms with Gasteiger partial charge in [-0.05, 0) is 32.5 Å². The molecule has 16 heavy (non-hydrogen) atoms. The monoisotopic (exact) mass is 283 g/mol. The maximum atomic E-state index is 11.0. The summed E-state index contributed by atoms with van der Waals surface area (Å²) in [6.07, 6.45) is 0.612. The van der Waals surface area contributed by atoms with E-state index in [4.69, 9.17) is 0 Å². The fourth-order valence-corrected chi connectivity index (χ4v) is 2.03. The molecule has 3 heteroatoms. The van der Waals surface area contributed by atoms with Gasteiger partial charge in [0.15, 0.2) is 0 Å². The van der Waals surface area contributed by atoms with Crippen LogP contribution in [0.25, 0.3) is 0 Å². The molecule has 0 aliphatic rings. The van der Waals surface area contributed by atoms with Gasteiger partial charge in [-0.25, -0.2) is 0 Å². The average molecular weight is 284 g/mol. The highest BCUT2D eigenvalue weighted by atomic mass is 79.9. The summed E-state index contributed by atoms with van der Waals surface area (Å²) in [4.78, 5) is 13.2. The normalized spacial score (nSPS) is 12.8. The second-order valence-electron chi connectivity index (χ2n) is 4.26. The smallest absolute Gasteiger partial charge is 0.131 e. The summed E-state index contributed by atoms with van der Waals surface area (Å²) in [7, 11) is 2.05. The predicted molar refractivity (Wildman–Crippen MR) is 70.4 cm³/mol. The lowest BCUT2D eigenvalue weighted by atomic mass is 10.1. The van der Waals surface area contributed by atoms with Crippen LogP contribution in [0.5, 0.6) is 0 Å². The number of benzene rings is 1. The summed E-state index contributed by atoms with van der Waals surface area (Å²) in [5, 5.41) is 0. The van der Waals surface area contributed by atoms with Crippen LogP contribution in [0, 0.1) is 0 Å². The van der Waals surface area contributed by atoms with Crippen LogP contribution >= 0.6 is 15.9 Å². The summed E-state index contributed by atoms with van der Waals surface area (Å²) in [5.41, 5.74) is 1.25. The molecule has 1 rings (SSSR count). The molecule has 0 aromatic heterocycles. The number of nitrogens with zero attached hydrogens (tertiary/aromatic N) is 1. The first-order valence-corrected chi connectivity index (χ1v) is 6.23. The molecule has 1 atom stereocenters. The van der Waals surface area contributed by atoms with Crippen molar-refractivity contribution in [3.63, 3.8) is 0 Å². The van der Waals surface area contributed by atoms with Gasteiger partial charge < -0.3 is 0 Å². The van der Waals surface area contributed by atoms with Crippen molar-refractivity contribution in [2.45, 2.75) is 32.9 Å². The SMILES string of the molecule is CC(=O)CC(C)N(C)Cc1ccccc1Br. The van der Waals surface area contributed by atoms with Crippen LogP contribution in [0.1, 0.15) is 25.8 Å². The van der Waals surface area contributed by atoms with Gasteiger partial charge in [-0.2, -0.15) is 0 Å². The third-order valence-electron chi connectivity index (χ3n) is 2.71. The maximum absolute atomic E-state index is 11.0. The molecule has 1 unspecified atom stereocenters. The average Bonchev–Trinajstić information content (AvgIpc) is 2.20. The van der Waals surface area contributed by atoms with E-state index < -0.39 is 0 Å². The molecule has 0 aliphatic carbocycles. The largest absolute Gasteiger partial charge is 0.300 e. The van der Waals surface area contributed by atoms with E-state index in [2.05, 4.69) is 33.8 Å². The van der Waals surface area contributed by atoms with E-state index in [1.807, 2.05) is 25.2 Å². The third kappa shape index (κ3) is 4.06. The third-order valence-corrected chi connectivity index (χ3v) is 3.49. The topological polar surface area (TPSA) is 20.3 Å². The zero-order chi connectivity index (χ0) is 12.1. The van der Waals surface area contributed by atoms with Gasteiger partial charge in [-0.3, -0.25) is 9.69 Å². The Kier molecular flexibility index (Phi) is 5.16. The van der Waals surface area contributed by atoms with E-state index in [0.717, 1.165) is 11.0 Å². The van der Waals surface area contributed by atoms with Crippen LogP contribution in [0.4, 0.5) is 0 Å². The molecule has 0 saturated heterocycles. The highest BCUT2D eigenvalue weighted by molar-refractivity contribution is 9.10. The molecule has 0 N–H and O–H groups in total. The van der Waals surface area contributed by atoms with Crippen molar-refractivity contribution < 1.29 is 4.79 Å². The lowest BCUT2D eigenvalue weighted by Crippen LogP contribution is -2.30. The number of ketones is 1.